The highest BCUT2D eigenvalue weighted by Gasteiger charge is 2.48. The number of ether oxygens (including phenoxy) is 1. The minimum Gasteiger partial charge on any atom is -0.385 e. The third-order valence-corrected chi connectivity index (χ3v) is 7.30. The summed E-state index contributed by atoms with van der Waals surface area (Å²) in [5, 5.41) is 11.8. The van der Waals surface area contributed by atoms with Crippen LogP contribution in [0.2, 0.25) is 5.02 Å². The molecular weight excluding hydrogens is 388 g/mol. The fraction of sp³-hybridized carbons (Fsp3) is 0.696. The van der Waals surface area contributed by atoms with E-state index in [0.717, 1.165) is 63.4 Å². The normalized spacial score (nSPS) is 28.3. The monoisotopic (exact) mass is 420 g/mol. The first-order chi connectivity index (χ1) is 13.9. The van der Waals surface area contributed by atoms with Crippen molar-refractivity contribution in [3.8, 4) is 0 Å². The minimum absolute atomic E-state index is 0.104. The molecule has 6 heteroatoms. The number of halogens is 1. The van der Waals surface area contributed by atoms with Crippen LogP contribution in [-0.2, 0) is 21.7 Å². The molecule has 1 N–H and O–H groups in total. The van der Waals surface area contributed by atoms with E-state index in [1.807, 2.05) is 30.1 Å². The molecule has 2 aliphatic heterocycles. The van der Waals surface area contributed by atoms with Crippen LogP contribution in [0.15, 0.2) is 18.2 Å². The van der Waals surface area contributed by atoms with Crippen LogP contribution >= 0.6 is 11.6 Å². The van der Waals surface area contributed by atoms with Gasteiger partial charge < -0.3 is 14.7 Å². The summed E-state index contributed by atoms with van der Waals surface area (Å²) in [6.07, 6.45) is 5.52. The van der Waals surface area contributed by atoms with Gasteiger partial charge in [-0.05, 0) is 74.7 Å². The third-order valence-electron chi connectivity index (χ3n) is 6.95. The van der Waals surface area contributed by atoms with E-state index in [0.29, 0.717) is 23.8 Å². The van der Waals surface area contributed by atoms with Gasteiger partial charge in [-0.2, -0.15) is 0 Å². The SMILES string of the molecule is CN(CC1CCOCC1)C(=O)C1CC(O)(c2ccc(CN3CCCC3)c(Cl)c2)C1. The lowest BCUT2D eigenvalue weighted by Gasteiger charge is -2.44. The molecule has 0 aromatic heterocycles. The number of benzene rings is 1. The molecule has 1 aromatic carbocycles. The topological polar surface area (TPSA) is 53.0 Å². The zero-order valence-electron chi connectivity index (χ0n) is 17.4. The van der Waals surface area contributed by atoms with Crippen LogP contribution in [0.4, 0.5) is 0 Å². The van der Waals surface area contributed by atoms with Crippen molar-refractivity contribution < 1.29 is 14.6 Å². The van der Waals surface area contributed by atoms with E-state index in [4.69, 9.17) is 16.3 Å². The van der Waals surface area contributed by atoms with Gasteiger partial charge in [0.15, 0.2) is 0 Å². The number of aliphatic hydroxyl groups is 1. The van der Waals surface area contributed by atoms with E-state index < -0.39 is 5.60 Å². The summed E-state index contributed by atoms with van der Waals surface area (Å²) >= 11 is 6.53. The van der Waals surface area contributed by atoms with Crippen LogP contribution in [0.25, 0.3) is 0 Å². The highest BCUT2D eigenvalue weighted by atomic mass is 35.5. The summed E-state index contributed by atoms with van der Waals surface area (Å²) in [4.78, 5) is 17.1. The van der Waals surface area contributed by atoms with Crippen molar-refractivity contribution in [2.24, 2.45) is 11.8 Å². The summed E-state index contributed by atoms with van der Waals surface area (Å²) in [5.41, 5.74) is 1.02. The fourth-order valence-electron chi connectivity index (χ4n) is 5.03. The van der Waals surface area contributed by atoms with Crippen LogP contribution < -0.4 is 0 Å². The van der Waals surface area contributed by atoms with Crippen molar-refractivity contribution in [2.45, 2.75) is 50.7 Å². The van der Waals surface area contributed by atoms with E-state index in [-0.39, 0.29) is 11.8 Å². The average Bonchev–Trinajstić information content (AvgIpc) is 3.20. The van der Waals surface area contributed by atoms with Crippen LogP contribution in [0.1, 0.15) is 49.7 Å². The summed E-state index contributed by atoms with van der Waals surface area (Å²) in [5.74, 6) is 0.574. The van der Waals surface area contributed by atoms with E-state index in [2.05, 4.69) is 4.90 Å². The number of carbonyl (C=O) groups excluding carboxylic acids is 1. The van der Waals surface area contributed by atoms with E-state index in [9.17, 15) is 9.90 Å². The highest BCUT2D eigenvalue weighted by Crippen LogP contribution is 2.47. The molecule has 0 unspecified atom stereocenters. The number of nitrogens with zero attached hydrogens (tertiary/aromatic N) is 2. The Bertz CT molecular complexity index is 723. The minimum atomic E-state index is -0.935. The Labute approximate surface area is 179 Å². The van der Waals surface area contributed by atoms with Gasteiger partial charge in [0, 0.05) is 44.3 Å². The molecule has 0 radical (unpaired) electrons. The van der Waals surface area contributed by atoms with Gasteiger partial charge in [-0.15, -0.1) is 0 Å². The summed E-state index contributed by atoms with van der Waals surface area (Å²) < 4.78 is 5.40. The predicted molar refractivity (Wildman–Crippen MR) is 114 cm³/mol. The van der Waals surface area contributed by atoms with Gasteiger partial charge in [-0.3, -0.25) is 9.69 Å². The van der Waals surface area contributed by atoms with Crippen molar-refractivity contribution in [1.82, 2.24) is 9.80 Å². The summed E-state index contributed by atoms with van der Waals surface area (Å²) in [6, 6.07) is 5.93. The third kappa shape index (κ3) is 4.79. The van der Waals surface area contributed by atoms with Gasteiger partial charge in [-0.25, -0.2) is 0 Å². The Kier molecular flexibility index (Phi) is 6.50. The molecule has 0 bridgehead atoms. The first kappa shape index (κ1) is 21.1. The molecule has 2 heterocycles. The van der Waals surface area contributed by atoms with E-state index in [1.165, 1.54) is 12.8 Å². The zero-order valence-corrected chi connectivity index (χ0v) is 18.2. The maximum atomic E-state index is 12.8. The van der Waals surface area contributed by atoms with Crippen molar-refractivity contribution in [3.05, 3.63) is 34.3 Å². The lowest BCUT2D eigenvalue weighted by Crippen LogP contribution is -2.49. The van der Waals surface area contributed by atoms with Gasteiger partial charge in [0.05, 0.1) is 5.60 Å². The number of hydrogen-bond donors (Lipinski definition) is 1. The van der Waals surface area contributed by atoms with Gasteiger partial charge in [0.2, 0.25) is 5.91 Å². The fourth-order valence-corrected chi connectivity index (χ4v) is 5.27. The lowest BCUT2D eigenvalue weighted by atomic mass is 9.66. The number of rotatable bonds is 6. The first-order valence-corrected chi connectivity index (χ1v) is 11.4. The molecule has 0 atom stereocenters. The molecule has 0 spiro atoms. The maximum absolute atomic E-state index is 12.8. The molecule has 3 aliphatic rings. The Morgan fingerprint density at radius 1 is 1.28 bits per heavy atom. The highest BCUT2D eigenvalue weighted by molar-refractivity contribution is 6.31. The van der Waals surface area contributed by atoms with E-state index >= 15 is 0 Å². The molecule has 1 saturated carbocycles. The van der Waals surface area contributed by atoms with Crippen LogP contribution in [-0.4, -0.2) is 60.7 Å². The smallest absolute Gasteiger partial charge is 0.225 e. The second kappa shape index (κ2) is 8.93. The largest absolute Gasteiger partial charge is 0.385 e. The maximum Gasteiger partial charge on any atom is 0.225 e. The quantitative estimate of drug-likeness (QED) is 0.766. The second-order valence-corrected chi connectivity index (χ2v) is 9.61. The van der Waals surface area contributed by atoms with Gasteiger partial charge >= 0.3 is 0 Å². The van der Waals surface area contributed by atoms with Crippen molar-refractivity contribution >= 4 is 17.5 Å². The zero-order chi connectivity index (χ0) is 20.4. The molecule has 1 aliphatic carbocycles. The molecule has 5 nitrogen and oxygen atoms in total. The van der Waals surface area contributed by atoms with Crippen molar-refractivity contribution in [3.63, 3.8) is 0 Å². The van der Waals surface area contributed by atoms with Gasteiger partial charge in [0.1, 0.15) is 0 Å². The molecule has 1 amide bonds. The van der Waals surface area contributed by atoms with Gasteiger partial charge in [0.25, 0.3) is 0 Å². The van der Waals surface area contributed by atoms with Crippen LogP contribution in [0.5, 0.6) is 0 Å². The molecular formula is C23H33ClN2O3. The molecule has 1 aromatic rings. The Morgan fingerprint density at radius 2 is 1.97 bits per heavy atom. The second-order valence-electron chi connectivity index (χ2n) is 9.20. The predicted octanol–water partition coefficient (Wildman–Crippen LogP) is 3.42. The average molecular weight is 421 g/mol. The number of carbonyl (C=O) groups is 1. The molecule has 2 saturated heterocycles. The molecule has 3 fully saturated rings. The van der Waals surface area contributed by atoms with E-state index in [1.54, 1.807) is 0 Å². The Morgan fingerprint density at radius 3 is 2.62 bits per heavy atom. The van der Waals surface area contributed by atoms with Crippen molar-refractivity contribution in [1.29, 1.82) is 0 Å². The first-order valence-electron chi connectivity index (χ1n) is 11.0. The lowest BCUT2D eigenvalue weighted by molar-refractivity contribution is -0.152. The number of amides is 1. The Balaban J connectivity index is 1.32. The van der Waals surface area contributed by atoms with Crippen molar-refractivity contribution in [2.75, 3.05) is 39.9 Å². The summed E-state index contributed by atoms with van der Waals surface area (Å²) in [7, 11) is 1.89. The summed E-state index contributed by atoms with van der Waals surface area (Å²) in [6.45, 7) is 5.51. The Hall–Kier alpha value is -1.14. The number of hydrogen-bond acceptors (Lipinski definition) is 4. The molecule has 160 valence electrons. The number of likely N-dealkylation sites (tertiary alicyclic amines) is 1. The standard InChI is InChI=1S/C23H33ClN2O3/c1-25(15-17-6-10-29-11-7-17)22(27)19-13-23(28,14-19)20-5-4-18(21(24)12-20)16-26-8-2-3-9-26/h4-5,12,17,19,28H,2-3,6-11,13-16H2,1H3. The van der Waals surface area contributed by atoms with Gasteiger partial charge in [-0.1, -0.05) is 23.7 Å². The van der Waals surface area contributed by atoms with Crippen LogP contribution in [0, 0.1) is 11.8 Å². The molecule has 4 rings (SSSR count). The van der Waals surface area contributed by atoms with Crippen LogP contribution in [0.3, 0.4) is 0 Å². The molecule has 29 heavy (non-hydrogen) atoms.